The Hall–Kier alpha value is -4.36. The van der Waals surface area contributed by atoms with E-state index in [0.717, 1.165) is 5.56 Å². The van der Waals surface area contributed by atoms with Gasteiger partial charge in [0.25, 0.3) is 0 Å². The molecule has 1 saturated carbocycles. The highest BCUT2D eigenvalue weighted by Gasteiger charge is 2.43. The van der Waals surface area contributed by atoms with Crippen molar-refractivity contribution < 1.29 is 27.0 Å². The molecule has 5 aromatic rings. The highest BCUT2D eigenvalue weighted by atomic mass is 19.4. The molecule has 10 nitrogen and oxygen atoms in total. The molecule has 37 heavy (non-hydrogen) atoms. The molecular weight excluding hydrogens is 496 g/mol. The van der Waals surface area contributed by atoms with Crippen molar-refractivity contribution in [1.29, 1.82) is 0 Å². The van der Waals surface area contributed by atoms with Crippen molar-refractivity contribution in [2.75, 3.05) is 14.2 Å². The van der Waals surface area contributed by atoms with E-state index in [4.69, 9.17) is 9.47 Å². The highest BCUT2D eigenvalue weighted by molar-refractivity contribution is 5.80. The number of aromatic nitrogens is 8. The van der Waals surface area contributed by atoms with Crippen LogP contribution in [0.1, 0.15) is 29.4 Å². The van der Waals surface area contributed by atoms with Crippen molar-refractivity contribution in [2.45, 2.75) is 31.0 Å². The maximum absolute atomic E-state index is 15.6. The van der Waals surface area contributed by atoms with Gasteiger partial charge in [-0.2, -0.15) is 23.3 Å². The number of nitrogens with zero attached hydrogens (tertiary/aromatic N) is 8. The molecule has 14 heteroatoms. The lowest BCUT2D eigenvalue weighted by Gasteiger charge is -2.11. The zero-order valence-electron chi connectivity index (χ0n) is 19.4. The molecule has 0 N–H and O–H groups in total. The average molecular weight is 514 g/mol. The topological polar surface area (TPSA) is 105 Å². The van der Waals surface area contributed by atoms with Gasteiger partial charge in [-0.3, -0.25) is 4.68 Å². The van der Waals surface area contributed by atoms with Crippen molar-refractivity contribution in [1.82, 2.24) is 39.6 Å². The number of fused-ring (bicyclic) bond motifs is 2. The third kappa shape index (κ3) is 3.97. The van der Waals surface area contributed by atoms with Crippen LogP contribution in [-0.2, 0) is 6.54 Å². The van der Waals surface area contributed by atoms with E-state index in [-0.39, 0.29) is 29.2 Å². The van der Waals surface area contributed by atoms with Gasteiger partial charge in [-0.25, -0.2) is 14.4 Å². The van der Waals surface area contributed by atoms with Crippen LogP contribution in [0, 0.1) is 5.82 Å². The van der Waals surface area contributed by atoms with E-state index in [0.29, 0.717) is 39.0 Å². The molecule has 0 spiro atoms. The Bertz CT molecular complexity index is 1650. The third-order valence-corrected chi connectivity index (χ3v) is 6.36. The lowest BCUT2D eigenvalue weighted by Crippen LogP contribution is -2.19. The quantitative estimate of drug-likeness (QED) is 0.314. The molecule has 190 valence electrons. The fourth-order valence-electron chi connectivity index (χ4n) is 4.64. The monoisotopic (exact) mass is 514 g/mol. The van der Waals surface area contributed by atoms with E-state index in [1.165, 1.54) is 37.6 Å². The summed E-state index contributed by atoms with van der Waals surface area (Å²) < 4.78 is 67.0. The van der Waals surface area contributed by atoms with Gasteiger partial charge >= 0.3 is 12.2 Å². The standard InChI is InChI=1S/C23H18F4N8O2/c1-36-21-16(8-28-22(32-21)37-2)17-6-15(20-29-10-31-35(20)33-17)14-5-13(14)12-4-3-11-7-30-34(9-23(25,26)27)19(11)18(12)24/h3-4,6-8,10,13-14H,5,9H2,1-2H3/t13-,14+/m1/s1. The summed E-state index contributed by atoms with van der Waals surface area (Å²) in [5.74, 6) is -0.900. The smallest absolute Gasteiger partial charge is 0.408 e. The minimum atomic E-state index is -4.53. The van der Waals surface area contributed by atoms with Crippen LogP contribution >= 0.6 is 0 Å². The Morgan fingerprint density at radius 2 is 1.84 bits per heavy atom. The second kappa shape index (κ2) is 8.35. The van der Waals surface area contributed by atoms with Crippen LogP contribution in [0.2, 0.25) is 0 Å². The summed E-state index contributed by atoms with van der Waals surface area (Å²) in [4.78, 5) is 12.6. The van der Waals surface area contributed by atoms with Crippen molar-refractivity contribution in [3.63, 3.8) is 0 Å². The first-order valence-corrected chi connectivity index (χ1v) is 11.1. The number of rotatable bonds is 6. The number of halogens is 4. The Labute approximate surface area is 205 Å². The molecule has 0 unspecified atom stereocenters. The van der Waals surface area contributed by atoms with E-state index in [1.54, 1.807) is 18.2 Å². The Balaban J connectivity index is 1.40. The van der Waals surface area contributed by atoms with Crippen molar-refractivity contribution >= 4 is 16.6 Å². The summed E-state index contributed by atoms with van der Waals surface area (Å²) in [5, 5.41) is 12.7. The van der Waals surface area contributed by atoms with E-state index >= 15 is 4.39 Å². The van der Waals surface area contributed by atoms with Gasteiger partial charge in [0.15, 0.2) is 11.5 Å². The van der Waals surface area contributed by atoms with Crippen LogP contribution < -0.4 is 9.47 Å². The highest BCUT2D eigenvalue weighted by Crippen LogP contribution is 2.56. The predicted molar refractivity (Wildman–Crippen MR) is 121 cm³/mol. The molecule has 0 saturated heterocycles. The first-order valence-electron chi connectivity index (χ1n) is 11.1. The molecule has 4 heterocycles. The van der Waals surface area contributed by atoms with E-state index in [1.807, 2.05) is 0 Å². The van der Waals surface area contributed by atoms with Crippen LogP contribution in [0.15, 0.2) is 36.9 Å². The summed E-state index contributed by atoms with van der Waals surface area (Å²) in [6.45, 7) is -1.37. The minimum Gasteiger partial charge on any atom is -0.480 e. The number of benzene rings is 1. The first-order chi connectivity index (χ1) is 17.8. The van der Waals surface area contributed by atoms with E-state index in [2.05, 4.69) is 30.2 Å². The summed E-state index contributed by atoms with van der Waals surface area (Å²) in [5.41, 5.74) is 2.36. The second-order valence-corrected chi connectivity index (χ2v) is 8.61. The second-order valence-electron chi connectivity index (χ2n) is 8.61. The van der Waals surface area contributed by atoms with Gasteiger partial charge in [-0.1, -0.05) is 12.1 Å². The van der Waals surface area contributed by atoms with Crippen LogP contribution in [0.3, 0.4) is 0 Å². The number of ether oxygens (including phenoxy) is 2. The van der Waals surface area contributed by atoms with Gasteiger partial charge in [-0.05, 0) is 29.9 Å². The molecule has 1 aliphatic rings. The molecule has 1 aromatic carbocycles. The van der Waals surface area contributed by atoms with Gasteiger partial charge in [0.2, 0.25) is 5.88 Å². The van der Waals surface area contributed by atoms with Gasteiger partial charge in [0.1, 0.15) is 24.1 Å². The third-order valence-electron chi connectivity index (χ3n) is 6.36. The van der Waals surface area contributed by atoms with Crippen molar-refractivity contribution in [3.05, 3.63) is 53.9 Å². The van der Waals surface area contributed by atoms with Crippen molar-refractivity contribution in [3.8, 4) is 23.1 Å². The number of alkyl halides is 3. The maximum atomic E-state index is 15.6. The average Bonchev–Trinajstić information content (AvgIpc) is 3.31. The molecule has 1 aliphatic carbocycles. The van der Waals surface area contributed by atoms with E-state index < -0.39 is 18.5 Å². The largest absolute Gasteiger partial charge is 0.480 e. The molecule has 0 bridgehead atoms. The predicted octanol–water partition coefficient (Wildman–Crippen LogP) is 3.92. The maximum Gasteiger partial charge on any atom is 0.408 e. The summed E-state index contributed by atoms with van der Waals surface area (Å²) in [6.07, 6.45) is 0.147. The summed E-state index contributed by atoms with van der Waals surface area (Å²) in [7, 11) is 2.89. The molecule has 0 radical (unpaired) electrons. The van der Waals surface area contributed by atoms with Crippen LogP contribution in [-0.4, -0.2) is 60.0 Å². The fourth-order valence-corrected chi connectivity index (χ4v) is 4.64. The van der Waals surface area contributed by atoms with Gasteiger partial charge in [-0.15, -0.1) is 14.8 Å². The lowest BCUT2D eigenvalue weighted by molar-refractivity contribution is -0.141. The number of hydrogen-bond donors (Lipinski definition) is 0. The van der Waals surface area contributed by atoms with Crippen LogP contribution in [0.25, 0.3) is 27.8 Å². The van der Waals surface area contributed by atoms with E-state index in [9.17, 15) is 13.2 Å². The molecule has 4 aromatic heterocycles. The fraction of sp³-hybridized carbons (Fsp3) is 0.304. The lowest BCUT2D eigenvalue weighted by atomic mass is 10.0. The normalized spacial score (nSPS) is 17.5. The summed E-state index contributed by atoms with van der Waals surface area (Å²) in [6, 6.07) is 5.12. The first kappa shape index (κ1) is 23.1. The molecule has 6 rings (SSSR count). The number of methoxy groups -OCH3 is 2. The number of hydrogen-bond acceptors (Lipinski definition) is 8. The SMILES string of the molecule is COc1ncc(-c2cc([C@H]3C[C@@H]3c3ccc4cnn(CC(F)(F)F)c4c3F)c3ncnn3n2)c(OC)n1. The Morgan fingerprint density at radius 3 is 2.59 bits per heavy atom. The van der Waals surface area contributed by atoms with Crippen LogP contribution in [0.5, 0.6) is 11.9 Å². The zero-order valence-corrected chi connectivity index (χ0v) is 19.4. The molecule has 0 aliphatic heterocycles. The molecule has 1 fully saturated rings. The molecular formula is C23H18F4N8O2. The summed E-state index contributed by atoms with van der Waals surface area (Å²) >= 11 is 0. The van der Waals surface area contributed by atoms with Crippen LogP contribution in [0.4, 0.5) is 17.6 Å². The minimum absolute atomic E-state index is 0.126. The zero-order chi connectivity index (χ0) is 25.9. The molecule has 2 atom stereocenters. The van der Waals surface area contributed by atoms with Gasteiger partial charge in [0.05, 0.1) is 26.0 Å². The Morgan fingerprint density at radius 1 is 1.03 bits per heavy atom. The van der Waals surface area contributed by atoms with Crippen molar-refractivity contribution in [2.24, 2.45) is 0 Å². The Kier molecular flexibility index (Phi) is 5.21. The van der Waals surface area contributed by atoms with Gasteiger partial charge in [0, 0.05) is 17.1 Å². The van der Waals surface area contributed by atoms with Gasteiger partial charge < -0.3 is 9.47 Å². The molecule has 0 amide bonds.